The summed E-state index contributed by atoms with van der Waals surface area (Å²) in [6.45, 7) is 2.51. The highest BCUT2D eigenvalue weighted by molar-refractivity contribution is 5.89. The lowest BCUT2D eigenvalue weighted by Crippen LogP contribution is -2.33. The van der Waals surface area contributed by atoms with Crippen LogP contribution < -0.4 is 15.5 Å². The number of anilines is 2. The molecule has 6 nitrogen and oxygen atoms in total. The van der Waals surface area contributed by atoms with Gasteiger partial charge < -0.3 is 20.1 Å². The number of urea groups is 1. The number of pyridine rings is 1. The van der Waals surface area contributed by atoms with Crippen molar-refractivity contribution >= 4 is 17.5 Å². The third-order valence-corrected chi connectivity index (χ3v) is 4.97. The molecule has 3 heterocycles. The van der Waals surface area contributed by atoms with Gasteiger partial charge in [0.1, 0.15) is 5.82 Å². The topological polar surface area (TPSA) is 62.2 Å². The summed E-state index contributed by atoms with van der Waals surface area (Å²) in [6.07, 6.45) is 9.44. The summed E-state index contributed by atoms with van der Waals surface area (Å²) in [7, 11) is 0. The van der Waals surface area contributed by atoms with Crippen molar-refractivity contribution in [1.29, 1.82) is 0 Å². The van der Waals surface area contributed by atoms with Gasteiger partial charge in [0.25, 0.3) is 0 Å². The fraction of sp³-hybridized carbons (Fsp3) is 0.273. The highest BCUT2D eigenvalue weighted by atomic mass is 16.2. The van der Waals surface area contributed by atoms with Crippen molar-refractivity contribution in [2.24, 2.45) is 0 Å². The van der Waals surface area contributed by atoms with Crippen molar-refractivity contribution in [2.45, 2.75) is 25.8 Å². The lowest BCUT2D eigenvalue weighted by atomic mass is 10.1. The minimum atomic E-state index is -0.224. The minimum absolute atomic E-state index is 0.224. The van der Waals surface area contributed by atoms with Gasteiger partial charge in [-0.1, -0.05) is 12.1 Å². The number of amides is 2. The lowest BCUT2D eigenvalue weighted by molar-refractivity contribution is 0.251. The molecule has 0 aliphatic carbocycles. The molecule has 144 valence electrons. The largest absolute Gasteiger partial charge is 0.356 e. The normalized spacial score (nSPS) is 13.9. The second-order valence-corrected chi connectivity index (χ2v) is 6.98. The monoisotopic (exact) mass is 375 g/mol. The summed E-state index contributed by atoms with van der Waals surface area (Å²) in [5.74, 6) is 0.983. The average Bonchev–Trinajstić information content (AvgIpc) is 3.28. The Bertz CT molecular complexity index is 916. The minimum Gasteiger partial charge on any atom is -0.356 e. The van der Waals surface area contributed by atoms with E-state index >= 15 is 0 Å². The highest BCUT2D eigenvalue weighted by Gasteiger charge is 2.15. The molecule has 1 aliphatic heterocycles. The summed E-state index contributed by atoms with van der Waals surface area (Å²) in [6, 6.07) is 15.4. The van der Waals surface area contributed by atoms with Crippen LogP contribution in [0.5, 0.6) is 0 Å². The maximum atomic E-state index is 12.4. The number of benzene rings is 1. The Hall–Kier alpha value is -3.28. The Balaban J connectivity index is 1.38. The van der Waals surface area contributed by atoms with E-state index in [1.807, 2.05) is 71.7 Å². The SMILES string of the molecule is O=C(NCc1cccnc1N1CCCCC1)Nc1cccc(-n2cccc2)c1. The van der Waals surface area contributed by atoms with Gasteiger partial charge in [0.2, 0.25) is 0 Å². The van der Waals surface area contributed by atoms with Gasteiger partial charge in [0, 0.05) is 55.2 Å². The van der Waals surface area contributed by atoms with E-state index in [-0.39, 0.29) is 6.03 Å². The number of nitrogens with zero attached hydrogens (tertiary/aromatic N) is 3. The molecule has 0 saturated carbocycles. The quantitative estimate of drug-likeness (QED) is 0.703. The Morgan fingerprint density at radius 3 is 2.64 bits per heavy atom. The van der Waals surface area contributed by atoms with Crippen LogP contribution in [0.25, 0.3) is 5.69 Å². The van der Waals surface area contributed by atoms with Gasteiger partial charge in [-0.3, -0.25) is 0 Å². The van der Waals surface area contributed by atoms with Gasteiger partial charge in [0.15, 0.2) is 0 Å². The van der Waals surface area contributed by atoms with E-state index in [4.69, 9.17) is 0 Å². The molecule has 2 N–H and O–H groups in total. The molecule has 0 spiro atoms. The molecular weight excluding hydrogens is 350 g/mol. The zero-order chi connectivity index (χ0) is 19.2. The van der Waals surface area contributed by atoms with Crippen molar-refractivity contribution in [3.8, 4) is 5.69 Å². The third-order valence-electron chi connectivity index (χ3n) is 4.97. The second kappa shape index (κ2) is 8.61. The van der Waals surface area contributed by atoms with Gasteiger partial charge in [-0.05, 0) is 55.7 Å². The van der Waals surface area contributed by atoms with Crippen LogP contribution >= 0.6 is 0 Å². The van der Waals surface area contributed by atoms with E-state index in [1.165, 1.54) is 19.3 Å². The predicted octanol–water partition coefficient (Wildman–Crippen LogP) is 4.18. The maximum absolute atomic E-state index is 12.4. The van der Waals surface area contributed by atoms with Crippen LogP contribution in [0.2, 0.25) is 0 Å². The molecule has 1 aliphatic rings. The first-order chi connectivity index (χ1) is 13.8. The Morgan fingerprint density at radius 2 is 1.82 bits per heavy atom. The van der Waals surface area contributed by atoms with Crippen LogP contribution in [-0.2, 0) is 6.54 Å². The first kappa shape index (κ1) is 18.1. The van der Waals surface area contributed by atoms with Gasteiger partial charge in [-0.15, -0.1) is 0 Å². The predicted molar refractivity (Wildman–Crippen MR) is 112 cm³/mol. The second-order valence-electron chi connectivity index (χ2n) is 6.98. The number of hydrogen-bond donors (Lipinski definition) is 2. The van der Waals surface area contributed by atoms with E-state index in [9.17, 15) is 4.79 Å². The number of hydrogen-bond acceptors (Lipinski definition) is 3. The Labute approximate surface area is 165 Å². The maximum Gasteiger partial charge on any atom is 0.319 e. The molecule has 0 atom stereocenters. The zero-order valence-electron chi connectivity index (χ0n) is 15.8. The fourth-order valence-corrected chi connectivity index (χ4v) is 3.56. The number of carbonyl (C=O) groups excluding carboxylic acids is 1. The van der Waals surface area contributed by atoms with Crippen LogP contribution in [0, 0.1) is 0 Å². The fourth-order valence-electron chi connectivity index (χ4n) is 3.56. The number of rotatable bonds is 5. The van der Waals surface area contributed by atoms with Crippen molar-refractivity contribution in [3.05, 3.63) is 72.7 Å². The van der Waals surface area contributed by atoms with Crippen molar-refractivity contribution in [3.63, 3.8) is 0 Å². The van der Waals surface area contributed by atoms with Gasteiger partial charge in [0.05, 0.1) is 0 Å². The smallest absolute Gasteiger partial charge is 0.319 e. The lowest BCUT2D eigenvalue weighted by Gasteiger charge is -2.29. The third kappa shape index (κ3) is 4.34. The summed E-state index contributed by atoms with van der Waals surface area (Å²) in [5.41, 5.74) is 2.80. The summed E-state index contributed by atoms with van der Waals surface area (Å²) < 4.78 is 2.00. The van der Waals surface area contributed by atoms with Crippen LogP contribution in [0.15, 0.2) is 67.1 Å². The molecule has 0 unspecified atom stereocenters. The summed E-state index contributed by atoms with van der Waals surface area (Å²) in [4.78, 5) is 19.3. The molecule has 1 fully saturated rings. The highest BCUT2D eigenvalue weighted by Crippen LogP contribution is 2.21. The van der Waals surface area contributed by atoms with Crippen LogP contribution in [0.4, 0.5) is 16.3 Å². The van der Waals surface area contributed by atoms with E-state index < -0.39 is 0 Å². The van der Waals surface area contributed by atoms with Gasteiger partial charge >= 0.3 is 6.03 Å². The Kier molecular flexibility index (Phi) is 5.56. The van der Waals surface area contributed by atoms with Crippen LogP contribution in [-0.4, -0.2) is 28.7 Å². The molecule has 1 aromatic carbocycles. The standard InChI is InChI=1S/C22H25N5O/c28-22(25-19-9-6-10-20(16-19)26-12-4-5-13-26)24-17-18-8-7-11-23-21(18)27-14-2-1-3-15-27/h4-13,16H,1-3,14-15,17H2,(H2,24,25,28). The molecule has 1 saturated heterocycles. The first-order valence-electron chi connectivity index (χ1n) is 9.77. The summed E-state index contributed by atoms with van der Waals surface area (Å²) in [5, 5.41) is 5.87. The average molecular weight is 375 g/mol. The molecule has 0 bridgehead atoms. The van der Waals surface area contributed by atoms with E-state index in [1.54, 1.807) is 0 Å². The molecule has 2 amide bonds. The number of piperidine rings is 1. The molecule has 28 heavy (non-hydrogen) atoms. The first-order valence-corrected chi connectivity index (χ1v) is 9.77. The molecule has 2 aromatic heterocycles. The molecule has 4 rings (SSSR count). The van der Waals surface area contributed by atoms with Crippen molar-refractivity contribution in [2.75, 3.05) is 23.3 Å². The zero-order valence-corrected chi connectivity index (χ0v) is 15.8. The molecule has 6 heteroatoms. The van der Waals surface area contributed by atoms with Crippen molar-refractivity contribution < 1.29 is 4.79 Å². The number of nitrogens with one attached hydrogen (secondary N) is 2. The van der Waals surface area contributed by atoms with Crippen LogP contribution in [0.1, 0.15) is 24.8 Å². The van der Waals surface area contributed by atoms with E-state index in [0.717, 1.165) is 35.8 Å². The molecule has 0 radical (unpaired) electrons. The molecular formula is C22H25N5O. The van der Waals surface area contributed by atoms with Gasteiger partial charge in [-0.25, -0.2) is 9.78 Å². The molecule has 3 aromatic rings. The Morgan fingerprint density at radius 1 is 1.00 bits per heavy atom. The number of aromatic nitrogens is 2. The van der Waals surface area contributed by atoms with Crippen molar-refractivity contribution in [1.82, 2.24) is 14.9 Å². The summed E-state index contributed by atoms with van der Waals surface area (Å²) >= 11 is 0. The number of carbonyl (C=O) groups is 1. The van der Waals surface area contributed by atoms with Crippen LogP contribution in [0.3, 0.4) is 0 Å². The van der Waals surface area contributed by atoms with Gasteiger partial charge in [-0.2, -0.15) is 0 Å². The van der Waals surface area contributed by atoms with E-state index in [0.29, 0.717) is 6.54 Å². The van der Waals surface area contributed by atoms with E-state index in [2.05, 4.69) is 20.5 Å².